The molecule has 2 fully saturated rings. The zero-order valence-electron chi connectivity index (χ0n) is 15.6. The van der Waals surface area contributed by atoms with Crippen LogP contribution in [0.1, 0.15) is 12.0 Å². The summed E-state index contributed by atoms with van der Waals surface area (Å²) < 4.78 is 18.4. The molecule has 8 heteroatoms. The van der Waals surface area contributed by atoms with Crippen molar-refractivity contribution in [2.45, 2.75) is 6.42 Å². The summed E-state index contributed by atoms with van der Waals surface area (Å²) in [5.41, 5.74) is 0.897. The molecule has 1 N–H and O–H groups in total. The lowest BCUT2D eigenvalue weighted by atomic mass is 10.2. The number of methoxy groups -OCH3 is 1. The molecule has 1 aliphatic heterocycles. The van der Waals surface area contributed by atoms with Gasteiger partial charge in [-0.1, -0.05) is 6.07 Å². The Hall–Kier alpha value is -3.03. The number of amides is 1. The summed E-state index contributed by atoms with van der Waals surface area (Å²) >= 11 is 0. The minimum atomic E-state index is -0.554. The van der Waals surface area contributed by atoms with Gasteiger partial charge in [0.15, 0.2) is 0 Å². The van der Waals surface area contributed by atoms with Gasteiger partial charge in [-0.05, 0) is 41.9 Å². The van der Waals surface area contributed by atoms with E-state index in [1.54, 1.807) is 18.5 Å². The highest BCUT2D eigenvalue weighted by atomic mass is 19.1. The lowest BCUT2D eigenvalue weighted by molar-refractivity contribution is -0.116. The van der Waals surface area contributed by atoms with E-state index in [1.807, 2.05) is 12.1 Å². The molecule has 1 saturated carbocycles. The van der Waals surface area contributed by atoms with Crippen LogP contribution < -0.4 is 15.0 Å². The van der Waals surface area contributed by atoms with E-state index in [9.17, 15) is 9.18 Å². The molecule has 0 bridgehead atoms. The minimum Gasteiger partial charge on any atom is -0.479 e. The number of fused-ring (bicyclic) bond motifs is 1. The Kier molecular flexibility index (Phi) is 5.18. The molecule has 3 heterocycles. The maximum absolute atomic E-state index is 13.4. The van der Waals surface area contributed by atoms with Gasteiger partial charge in [0.2, 0.25) is 17.7 Å². The van der Waals surface area contributed by atoms with Gasteiger partial charge in [-0.3, -0.25) is 9.78 Å². The van der Waals surface area contributed by atoms with Crippen LogP contribution in [-0.2, 0) is 4.79 Å². The number of ether oxygens (including phenoxy) is 1. The number of carbonyl (C=O) groups is 1. The second-order valence-corrected chi connectivity index (χ2v) is 7.12. The molecule has 7 nitrogen and oxygen atoms in total. The number of nitrogens with one attached hydrogen (secondary N) is 1. The fraction of sp³-hybridized carbons (Fsp3) is 0.400. The summed E-state index contributed by atoms with van der Waals surface area (Å²) in [7, 11) is 1.40. The van der Waals surface area contributed by atoms with E-state index in [2.05, 4.69) is 25.2 Å². The van der Waals surface area contributed by atoms with Crippen LogP contribution in [-0.4, -0.2) is 47.6 Å². The van der Waals surface area contributed by atoms with E-state index in [-0.39, 0.29) is 11.8 Å². The fourth-order valence-corrected chi connectivity index (χ4v) is 3.95. The van der Waals surface area contributed by atoms with Gasteiger partial charge in [-0.25, -0.2) is 4.98 Å². The zero-order valence-corrected chi connectivity index (χ0v) is 15.6. The third kappa shape index (κ3) is 3.95. The number of halogens is 1. The van der Waals surface area contributed by atoms with Crippen LogP contribution in [0.5, 0.6) is 5.88 Å². The van der Waals surface area contributed by atoms with Gasteiger partial charge in [-0.15, -0.1) is 0 Å². The van der Waals surface area contributed by atoms with E-state index < -0.39 is 5.82 Å². The van der Waals surface area contributed by atoms with E-state index in [1.165, 1.54) is 13.2 Å². The van der Waals surface area contributed by atoms with Crippen molar-refractivity contribution >= 4 is 17.9 Å². The smallest absolute Gasteiger partial charge is 0.255 e. The van der Waals surface area contributed by atoms with Gasteiger partial charge in [0, 0.05) is 38.1 Å². The van der Waals surface area contributed by atoms with E-state index in [0.29, 0.717) is 30.2 Å². The van der Waals surface area contributed by atoms with Crippen molar-refractivity contribution < 1.29 is 13.9 Å². The highest BCUT2D eigenvalue weighted by molar-refractivity contribution is 5.91. The van der Waals surface area contributed by atoms with Crippen LogP contribution in [0.2, 0.25) is 0 Å². The number of carbonyl (C=O) groups excluding carboxylic acids is 1. The molecular weight excluding hydrogens is 361 g/mol. The van der Waals surface area contributed by atoms with Gasteiger partial charge in [0.05, 0.1) is 13.3 Å². The van der Waals surface area contributed by atoms with Gasteiger partial charge < -0.3 is 15.0 Å². The molecule has 0 spiro atoms. The SMILES string of the molecule is COc1nc(N2C[C@@H]3[C@@H](CCNC(=O)/C=C/c4cccnc4)[C@@H]3C2)ncc1F. The van der Waals surface area contributed by atoms with Gasteiger partial charge >= 0.3 is 0 Å². The summed E-state index contributed by atoms with van der Waals surface area (Å²) in [5, 5.41) is 2.94. The molecule has 1 saturated heterocycles. The van der Waals surface area contributed by atoms with Crippen molar-refractivity contribution in [3.63, 3.8) is 0 Å². The number of hydrogen-bond acceptors (Lipinski definition) is 6. The first-order valence-electron chi connectivity index (χ1n) is 9.33. The quantitative estimate of drug-likeness (QED) is 0.736. The number of rotatable bonds is 7. The number of piperidine rings is 1. The van der Waals surface area contributed by atoms with E-state index >= 15 is 0 Å². The number of aromatic nitrogens is 3. The van der Waals surface area contributed by atoms with Crippen molar-refractivity contribution in [1.82, 2.24) is 20.3 Å². The number of anilines is 1. The normalized spacial score (nSPS) is 22.9. The minimum absolute atomic E-state index is 0.0239. The Morgan fingerprint density at radius 2 is 2.21 bits per heavy atom. The Bertz CT molecular complexity index is 864. The second-order valence-electron chi connectivity index (χ2n) is 7.12. The Morgan fingerprint density at radius 3 is 2.93 bits per heavy atom. The van der Waals surface area contributed by atoms with Crippen molar-refractivity contribution in [3.05, 3.63) is 48.2 Å². The predicted molar refractivity (Wildman–Crippen MR) is 102 cm³/mol. The largest absolute Gasteiger partial charge is 0.479 e. The molecule has 0 unspecified atom stereocenters. The average Bonchev–Trinajstić information content (AvgIpc) is 3.16. The predicted octanol–water partition coefficient (Wildman–Crippen LogP) is 1.92. The molecular formula is C20H22FN5O2. The van der Waals surface area contributed by atoms with Crippen LogP contribution >= 0.6 is 0 Å². The van der Waals surface area contributed by atoms with Crippen LogP contribution in [0.15, 0.2) is 36.8 Å². The number of pyridine rings is 1. The van der Waals surface area contributed by atoms with Crippen LogP contribution in [0.3, 0.4) is 0 Å². The first-order chi connectivity index (χ1) is 13.7. The third-order valence-electron chi connectivity index (χ3n) is 5.44. The molecule has 3 atom stereocenters. The molecule has 0 radical (unpaired) electrons. The molecule has 1 amide bonds. The lowest BCUT2D eigenvalue weighted by Gasteiger charge is -2.20. The third-order valence-corrected chi connectivity index (χ3v) is 5.44. The molecule has 4 rings (SSSR count). The maximum Gasteiger partial charge on any atom is 0.255 e. The molecule has 0 aromatic carbocycles. The molecule has 28 heavy (non-hydrogen) atoms. The molecule has 2 aliphatic rings. The molecule has 2 aromatic rings. The Balaban J connectivity index is 1.20. The molecule has 146 valence electrons. The Morgan fingerprint density at radius 1 is 1.39 bits per heavy atom. The van der Waals surface area contributed by atoms with Crippen molar-refractivity contribution in [1.29, 1.82) is 0 Å². The van der Waals surface area contributed by atoms with Gasteiger partial charge in [0.25, 0.3) is 5.88 Å². The number of nitrogens with zero attached hydrogens (tertiary/aromatic N) is 4. The fourth-order valence-electron chi connectivity index (χ4n) is 3.95. The highest BCUT2D eigenvalue weighted by Gasteiger charge is 2.55. The second kappa shape index (κ2) is 7.92. The maximum atomic E-state index is 13.4. The summed E-state index contributed by atoms with van der Waals surface area (Å²) in [4.78, 5) is 26.2. The first kappa shape index (κ1) is 18.3. The van der Waals surface area contributed by atoms with Crippen molar-refractivity contribution in [3.8, 4) is 5.88 Å². The first-order valence-corrected chi connectivity index (χ1v) is 9.33. The average molecular weight is 383 g/mol. The van der Waals surface area contributed by atoms with Crippen LogP contribution in [0.4, 0.5) is 10.3 Å². The summed E-state index contributed by atoms with van der Waals surface area (Å²) in [5.74, 6) is 1.62. The Labute approximate surface area is 162 Å². The van der Waals surface area contributed by atoms with Crippen molar-refractivity contribution in [2.75, 3.05) is 31.6 Å². The monoisotopic (exact) mass is 383 g/mol. The highest BCUT2D eigenvalue weighted by Crippen LogP contribution is 2.53. The topological polar surface area (TPSA) is 80.2 Å². The standard InChI is InChI=1S/C20H22FN5O2/c1-28-19-17(21)10-24-20(25-19)26-11-15-14(16(15)12-26)6-8-23-18(27)5-4-13-3-2-7-22-9-13/h2-5,7,9-10,14-16H,6,8,11-12H2,1H3,(H,23,27)/b5-4+/t14-,15-,16+. The van der Waals surface area contributed by atoms with E-state index in [4.69, 9.17) is 4.74 Å². The lowest BCUT2D eigenvalue weighted by Crippen LogP contribution is -2.28. The van der Waals surface area contributed by atoms with Gasteiger partial charge in [0.1, 0.15) is 0 Å². The summed E-state index contributed by atoms with van der Waals surface area (Å²) in [6.45, 7) is 2.38. The zero-order chi connectivity index (χ0) is 19.5. The van der Waals surface area contributed by atoms with Gasteiger partial charge in [-0.2, -0.15) is 9.37 Å². The molecule has 2 aromatic heterocycles. The van der Waals surface area contributed by atoms with Crippen LogP contribution in [0.25, 0.3) is 6.08 Å². The van der Waals surface area contributed by atoms with E-state index in [0.717, 1.165) is 31.3 Å². The van der Waals surface area contributed by atoms with Crippen molar-refractivity contribution in [2.24, 2.45) is 17.8 Å². The molecule has 1 aliphatic carbocycles. The summed E-state index contributed by atoms with van der Waals surface area (Å²) in [6, 6.07) is 3.73. The van der Waals surface area contributed by atoms with Crippen LogP contribution in [0, 0.1) is 23.6 Å². The summed E-state index contributed by atoms with van der Waals surface area (Å²) in [6.07, 6.45) is 8.81. The number of hydrogen-bond donors (Lipinski definition) is 1.